The molecule has 0 aliphatic rings. The summed E-state index contributed by atoms with van der Waals surface area (Å²) in [5.74, 6) is -0.709. The van der Waals surface area contributed by atoms with Crippen molar-refractivity contribution in [3.8, 4) is 5.75 Å². The van der Waals surface area contributed by atoms with E-state index in [0.717, 1.165) is 30.0 Å². The number of aliphatic hydroxyl groups excluding tert-OH is 1. The van der Waals surface area contributed by atoms with Crippen molar-refractivity contribution in [2.45, 2.75) is 39.2 Å². The van der Waals surface area contributed by atoms with Crippen LogP contribution in [0.25, 0.3) is 0 Å². The Morgan fingerprint density at radius 2 is 2.00 bits per heavy atom. The van der Waals surface area contributed by atoms with Crippen LogP contribution in [0.2, 0.25) is 0 Å². The molecule has 0 spiro atoms. The number of halogens is 3. The summed E-state index contributed by atoms with van der Waals surface area (Å²) in [6, 6.07) is 4.85. The minimum Gasteiger partial charge on any atom is -0.406 e. The molecule has 1 atom stereocenters. The van der Waals surface area contributed by atoms with E-state index in [-0.39, 0.29) is 18.2 Å². The number of benzene rings is 1. The maximum Gasteiger partial charge on any atom is 0.573 e. The van der Waals surface area contributed by atoms with Crippen molar-refractivity contribution in [3.63, 3.8) is 0 Å². The van der Waals surface area contributed by atoms with Gasteiger partial charge in [0, 0.05) is 6.54 Å². The van der Waals surface area contributed by atoms with Crippen LogP contribution in [0.5, 0.6) is 5.75 Å². The van der Waals surface area contributed by atoms with Gasteiger partial charge >= 0.3 is 6.36 Å². The number of thiazole rings is 1. The van der Waals surface area contributed by atoms with Crippen LogP contribution >= 0.6 is 11.3 Å². The second-order valence-electron chi connectivity index (χ2n) is 5.61. The fourth-order valence-electron chi connectivity index (χ4n) is 2.26. The average molecular weight is 388 g/mol. The van der Waals surface area contributed by atoms with Gasteiger partial charge in [0.25, 0.3) is 5.91 Å². The van der Waals surface area contributed by atoms with Gasteiger partial charge in [0.2, 0.25) is 0 Å². The topological polar surface area (TPSA) is 71.5 Å². The molecule has 0 saturated carbocycles. The fraction of sp³-hybridized carbons (Fsp3) is 0.412. The Morgan fingerprint density at radius 3 is 2.58 bits per heavy atom. The molecule has 0 aliphatic carbocycles. The Morgan fingerprint density at radius 1 is 1.35 bits per heavy atom. The van der Waals surface area contributed by atoms with Crippen LogP contribution in [0.15, 0.2) is 24.3 Å². The minimum atomic E-state index is -4.77. The van der Waals surface area contributed by atoms with E-state index in [2.05, 4.69) is 15.0 Å². The maximum atomic E-state index is 12.2. The Bertz CT molecular complexity index is 745. The molecule has 1 heterocycles. The summed E-state index contributed by atoms with van der Waals surface area (Å²) in [5, 5.41) is 13.6. The molecule has 9 heteroatoms. The van der Waals surface area contributed by atoms with Gasteiger partial charge in [0.15, 0.2) is 0 Å². The number of hydrogen-bond acceptors (Lipinski definition) is 5. The Kier molecular flexibility index (Phi) is 6.60. The van der Waals surface area contributed by atoms with Crippen LogP contribution in [0.1, 0.15) is 45.4 Å². The van der Waals surface area contributed by atoms with Crippen LogP contribution in [0, 0.1) is 6.92 Å². The number of carbonyl (C=O) groups excluding carboxylic acids is 1. The van der Waals surface area contributed by atoms with E-state index in [1.165, 1.54) is 23.5 Å². The van der Waals surface area contributed by atoms with Crippen molar-refractivity contribution in [1.82, 2.24) is 10.3 Å². The second kappa shape index (κ2) is 8.50. The third-order valence-electron chi connectivity index (χ3n) is 3.47. The van der Waals surface area contributed by atoms with Gasteiger partial charge in [-0.25, -0.2) is 4.98 Å². The van der Waals surface area contributed by atoms with Gasteiger partial charge < -0.3 is 15.2 Å². The quantitative estimate of drug-likeness (QED) is 0.758. The summed E-state index contributed by atoms with van der Waals surface area (Å²) < 4.78 is 40.2. The predicted molar refractivity (Wildman–Crippen MR) is 91.3 cm³/mol. The number of hydrogen-bond donors (Lipinski definition) is 2. The normalized spacial score (nSPS) is 12.7. The molecule has 2 rings (SSSR count). The maximum absolute atomic E-state index is 12.2. The van der Waals surface area contributed by atoms with Gasteiger partial charge in [-0.15, -0.1) is 24.5 Å². The summed E-state index contributed by atoms with van der Waals surface area (Å²) in [6.07, 6.45) is -4.09. The van der Waals surface area contributed by atoms with E-state index < -0.39 is 12.5 Å². The lowest BCUT2D eigenvalue weighted by Gasteiger charge is -2.13. The number of nitrogens with zero attached hydrogens (tertiary/aromatic N) is 1. The molecular weight excluding hydrogens is 369 g/mol. The summed E-state index contributed by atoms with van der Waals surface area (Å²) in [4.78, 5) is 17.1. The van der Waals surface area contributed by atoms with E-state index >= 15 is 0 Å². The van der Waals surface area contributed by atoms with Crippen LogP contribution in [-0.4, -0.2) is 28.9 Å². The van der Waals surface area contributed by atoms with Crippen molar-refractivity contribution in [2.24, 2.45) is 0 Å². The average Bonchev–Trinajstić information content (AvgIpc) is 2.92. The van der Waals surface area contributed by atoms with Crippen molar-refractivity contribution >= 4 is 17.2 Å². The first-order chi connectivity index (χ1) is 12.2. The number of aromatic nitrogens is 1. The van der Waals surface area contributed by atoms with Crippen molar-refractivity contribution in [2.75, 3.05) is 6.54 Å². The molecule has 2 N–H and O–H groups in total. The highest BCUT2D eigenvalue weighted by Gasteiger charge is 2.31. The smallest absolute Gasteiger partial charge is 0.406 e. The predicted octanol–water partition coefficient (Wildman–Crippen LogP) is 3.77. The van der Waals surface area contributed by atoms with E-state index in [9.17, 15) is 23.1 Å². The number of alkyl halides is 3. The number of amides is 1. The lowest BCUT2D eigenvalue weighted by Crippen LogP contribution is -2.28. The third-order valence-corrected chi connectivity index (χ3v) is 4.68. The van der Waals surface area contributed by atoms with E-state index in [4.69, 9.17) is 0 Å². The number of aliphatic hydroxyl groups is 1. The molecule has 1 aromatic heterocycles. The van der Waals surface area contributed by atoms with Gasteiger partial charge in [-0.2, -0.15) is 0 Å². The summed E-state index contributed by atoms with van der Waals surface area (Å²) >= 11 is 1.32. The molecule has 0 radical (unpaired) electrons. The fourth-order valence-corrected chi connectivity index (χ4v) is 3.35. The van der Waals surface area contributed by atoms with Crippen LogP contribution in [0.4, 0.5) is 13.2 Å². The summed E-state index contributed by atoms with van der Waals surface area (Å²) in [6.45, 7) is 3.71. The monoisotopic (exact) mass is 388 g/mol. The van der Waals surface area contributed by atoms with E-state index in [0.29, 0.717) is 16.1 Å². The minimum absolute atomic E-state index is 0.0707. The molecule has 1 amide bonds. The zero-order valence-corrected chi connectivity index (χ0v) is 15.1. The molecule has 0 saturated heterocycles. The summed E-state index contributed by atoms with van der Waals surface area (Å²) in [5.41, 5.74) is 1.01. The molecule has 0 bridgehead atoms. The van der Waals surface area contributed by atoms with Crippen molar-refractivity contribution in [3.05, 3.63) is 45.4 Å². The molecular formula is C17H19F3N2O3S. The number of carbonyl (C=O) groups is 1. The molecule has 0 aliphatic heterocycles. The molecule has 26 heavy (non-hydrogen) atoms. The van der Waals surface area contributed by atoms with E-state index in [1.807, 2.05) is 6.92 Å². The lowest BCUT2D eigenvalue weighted by atomic mass is 10.1. The highest BCUT2D eigenvalue weighted by atomic mass is 32.1. The van der Waals surface area contributed by atoms with Crippen LogP contribution < -0.4 is 10.1 Å². The number of ether oxygens (including phenoxy) is 1. The molecule has 0 fully saturated rings. The van der Waals surface area contributed by atoms with Gasteiger partial charge in [0.05, 0.1) is 16.8 Å². The largest absolute Gasteiger partial charge is 0.573 e. The molecule has 1 unspecified atom stereocenters. The number of aryl methyl sites for hydroxylation is 2. The zero-order chi connectivity index (χ0) is 19.3. The lowest BCUT2D eigenvalue weighted by molar-refractivity contribution is -0.274. The molecule has 1 aromatic carbocycles. The first kappa shape index (κ1) is 20.2. The number of rotatable bonds is 7. The van der Waals surface area contributed by atoms with Crippen LogP contribution in [-0.2, 0) is 6.42 Å². The standard InChI is InChI=1S/C17H19F3N2O3S/c1-3-4-14-22-10(2)15(26-14)16(24)21-9-13(23)11-5-7-12(8-6-11)25-17(18,19)20/h5-8,13,23H,3-4,9H2,1-2H3,(H,21,24). The van der Waals surface area contributed by atoms with Gasteiger partial charge in [-0.1, -0.05) is 19.1 Å². The number of nitrogens with one attached hydrogen (secondary N) is 1. The van der Waals surface area contributed by atoms with E-state index in [1.54, 1.807) is 6.92 Å². The molecule has 142 valence electrons. The highest BCUT2D eigenvalue weighted by molar-refractivity contribution is 7.13. The third kappa shape index (κ3) is 5.70. The Labute approximate surface area is 152 Å². The first-order valence-corrected chi connectivity index (χ1v) is 8.79. The van der Waals surface area contributed by atoms with Crippen LogP contribution in [0.3, 0.4) is 0 Å². The van der Waals surface area contributed by atoms with Crippen molar-refractivity contribution in [1.29, 1.82) is 0 Å². The summed E-state index contributed by atoms with van der Waals surface area (Å²) in [7, 11) is 0. The SMILES string of the molecule is CCCc1nc(C)c(C(=O)NCC(O)c2ccc(OC(F)(F)F)cc2)s1. The van der Waals surface area contributed by atoms with Crippen molar-refractivity contribution < 1.29 is 27.8 Å². The first-order valence-electron chi connectivity index (χ1n) is 7.98. The van der Waals surface area contributed by atoms with Gasteiger partial charge in [-0.05, 0) is 37.5 Å². The Hall–Kier alpha value is -2.13. The van der Waals surface area contributed by atoms with Gasteiger partial charge in [-0.3, -0.25) is 4.79 Å². The zero-order valence-electron chi connectivity index (χ0n) is 14.3. The second-order valence-corrected chi connectivity index (χ2v) is 6.70. The highest BCUT2D eigenvalue weighted by Crippen LogP contribution is 2.24. The molecule has 5 nitrogen and oxygen atoms in total. The van der Waals surface area contributed by atoms with Gasteiger partial charge in [0.1, 0.15) is 10.6 Å². The molecule has 2 aromatic rings. The Balaban J connectivity index is 1.93.